The Kier molecular flexibility index (Phi) is 6.14. The zero-order valence-electron chi connectivity index (χ0n) is 14.7. The van der Waals surface area contributed by atoms with Crippen LogP contribution < -0.4 is 0 Å². The first-order valence-corrected chi connectivity index (χ1v) is 9.57. The molecule has 0 spiro atoms. The Morgan fingerprint density at radius 2 is 1.71 bits per heavy atom. The monoisotopic (exact) mass is 354 g/mol. The lowest BCUT2D eigenvalue weighted by atomic mass is 10.1. The van der Waals surface area contributed by atoms with Crippen molar-refractivity contribution in [2.75, 3.05) is 33.4 Å². The summed E-state index contributed by atoms with van der Waals surface area (Å²) in [6.45, 7) is 7.86. The Morgan fingerprint density at radius 3 is 2.17 bits per heavy atom. The van der Waals surface area contributed by atoms with Gasteiger partial charge in [0.15, 0.2) is 5.78 Å². The number of nitrogens with zero attached hydrogens (tertiary/aromatic N) is 2. The van der Waals surface area contributed by atoms with E-state index in [9.17, 15) is 13.2 Å². The Bertz CT molecular complexity index is 660. The van der Waals surface area contributed by atoms with Gasteiger partial charge in [-0.15, -0.1) is 0 Å². The van der Waals surface area contributed by atoms with Crippen LogP contribution in [-0.2, 0) is 14.8 Å². The van der Waals surface area contributed by atoms with E-state index in [0.29, 0.717) is 25.3 Å². The number of piperazine rings is 1. The van der Waals surface area contributed by atoms with Gasteiger partial charge in [0, 0.05) is 44.4 Å². The van der Waals surface area contributed by atoms with Gasteiger partial charge < -0.3 is 4.74 Å². The predicted octanol–water partition coefficient (Wildman–Crippen LogP) is 1.62. The zero-order valence-corrected chi connectivity index (χ0v) is 15.5. The number of ether oxygens (including phenoxy) is 1. The Hall–Kier alpha value is -1.28. The molecule has 24 heavy (non-hydrogen) atoms. The minimum atomic E-state index is -3.55. The second-order valence-electron chi connectivity index (χ2n) is 6.33. The molecule has 1 saturated heterocycles. The first-order chi connectivity index (χ1) is 11.3. The standard InChI is InChI=1S/C17H26N2O4S/c1-13-11-18(12-14(2)19(13)9-10-23-4)24(21,22)17-7-5-16(6-8-17)15(3)20/h5-8,13-14H,9-12H2,1-4H3. The lowest BCUT2D eigenvalue weighted by Gasteiger charge is -2.43. The molecule has 1 aliphatic heterocycles. The molecular weight excluding hydrogens is 328 g/mol. The van der Waals surface area contributed by atoms with Crippen molar-refractivity contribution in [3.63, 3.8) is 0 Å². The molecule has 1 aliphatic rings. The zero-order chi connectivity index (χ0) is 17.9. The molecule has 1 aromatic carbocycles. The molecular formula is C17H26N2O4S. The number of ketones is 1. The number of carbonyl (C=O) groups is 1. The van der Waals surface area contributed by atoms with Gasteiger partial charge in [-0.2, -0.15) is 4.31 Å². The van der Waals surface area contributed by atoms with E-state index in [-0.39, 0.29) is 22.8 Å². The first kappa shape index (κ1) is 19.1. The number of hydrogen-bond acceptors (Lipinski definition) is 5. The van der Waals surface area contributed by atoms with Crippen LogP contribution in [0.3, 0.4) is 0 Å². The van der Waals surface area contributed by atoms with Gasteiger partial charge in [-0.25, -0.2) is 8.42 Å². The highest BCUT2D eigenvalue weighted by atomic mass is 32.2. The maximum Gasteiger partial charge on any atom is 0.243 e. The van der Waals surface area contributed by atoms with Crippen molar-refractivity contribution in [3.8, 4) is 0 Å². The van der Waals surface area contributed by atoms with Crippen molar-refractivity contribution in [2.24, 2.45) is 0 Å². The summed E-state index contributed by atoms with van der Waals surface area (Å²) in [7, 11) is -1.88. The molecule has 0 aliphatic carbocycles. The van der Waals surface area contributed by atoms with Crippen LogP contribution in [0.1, 0.15) is 31.1 Å². The normalized spacial score (nSPS) is 23.3. The van der Waals surface area contributed by atoms with E-state index in [1.54, 1.807) is 19.2 Å². The average molecular weight is 354 g/mol. The molecule has 1 heterocycles. The minimum absolute atomic E-state index is 0.0760. The highest BCUT2D eigenvalue weighted by Gasteiger charge is 2.35. The molecule has 0 N–H and O–H groups in total. The minimum Gasteiger partial charge on any atom is -0.383 e. The second-order valence-corrected chi connectivity index (χ2v) is 8.27. The van der Waals surface area contributed by atoms with E-state index >= 15 is 0 Å². The van der Waals surface area contributed by atoms with Crippen LogP contribution in [-0.4, -0.2) is 68.8 Å². The maximum atomic E-state index is 12.9. The van der Waals surface area contributed by atoms with Gasteiger partial charge in [0.1, 0.15) is 0 Å². The summed E-state index contributed by atoms with van der Waals surface area (Å²) in [6, 6.07) is 6.40. The van der Waals surface area contributed by atoms with Crippen molar-refractivity contribution in [2.45, 2.75) is 37.8 Å². The van der Waals surface area contributed by atoms with Gasteiger partial charge in [0.05, 0.1) is 11.5 Å². The molecule has 0 amide bonds. The number of hydrogen-bond donors (Lipinski definition) is 0. The van der Waals surface area contributed by atoms with E-state index < -0.39 is 10.0 Å². The summed E-state index contributed by atoms with van der Waals surface area (Å²) in [5, 5.41) is 0. The van der Waals surface area contributed by atoms with Gasteiger partial charge in [-0.3, -0.25) is 9.69 Å². The molecule has 1 fully saturated rings. The predicted molar refractivity (Wildman–Crippen MR) is 92.7 cm³/mol. The van der Waals surface area contributed by atoms with Gasteiger partial charge >= 0.3 is 0 Å². The quantitative estimate of drug-likeness (QED) is 0.726. The van der Waals surface area contributed by atoms with Gasteiger partial charge in [-0.05, 0) is 32.9 Å². The summed E-state index contributed by atoms with van der Waals surface area (Å²) in [6.07, 6.45) is 0. The number of sulfonamides is 1. The van der Waals surface area contributed by atoms with Crippen molar-refractivity contribution < 1.29 is 17.9 Å². The lowest BCUT2D eigenvalue weighted by Crippen LogP contribution is -2.58. The largest absolute Gasteiger partial charge is 0.383 e. The summed E-state index contributed by atoms with van der Waals surface area (Å²) in [5.41, 5.74) is 0.514. The maximum absolute atomic E-state index is 12.9. The van der Waals surface area contributed by atoms with Crippen LogP contribution in [0.2, 0.25) is 0 Å². The van der Waals surface area contributed by atoms with Crippen molar-refractivity contribution in [3.05, 3.63) is 29.8 Å². The number of carbonyl (C=O) groups excluding carboxylic acids is 1. The van der Waals surface area contributed by atoms with Crippen LogP contribution in [0.4, 0.5) is 0 Å². The average Bonchev–Trinajstić information content (AvgIpc) is 2.54. The van der Waals surface area contributed by atoms with Crippen LogP contribution in [0.25, 0.3) is 0 Å². The highest BCUT2D eigenvalue weighted by molar-refractivity contribution is 7.89. The molecule has 2 atom stereocenters. The fourth-order valence-corrected chi connectivity index (χ4v) is 4.75. The molecule has 0 bridgehead atoms. The molecule has 6 nitrogen and oxygen atoms in total. The summed E-state index contributed by atoms with van der Waals surface area (Å²) >= 11 is 0. The summed E-state index contributed by atoms with van der Waals surface area (Å²) < 4.78 is 32.4. The van der Waals surface area contributed by atoms with E-state index in [1.165, 1.54) is 23.4 Å². The molecule has 2 rings (SSSR count). The number of Topliss-reactive ketones (excluding diaryl/α,β-unsaturated/α-hetero) is 1. The molecule has 0 radical (unpaired) electrons. The SMILES string of the molecule is COCCN1C(C)CN(S(=O)(=O)c2ccc(C(C)=O)cc2)CC1C. The Balaban J connectivity index is 2.17. The van der Waals surface area contributed by atoms with Crippen LogP contribution in [0, 0.1) is 0 Å². The van der Waals surface area contributed by atoms with Crippen LogP contribution in [0.15, 0.2) is 29.2 Å². The number of benzene rings is 1. The van der Waals surface area contributed by atoms with Crippen molar-refractivity contribution in [1.82, 2.24) is 9.21 Å². The van der Waals surface area contributed by atoms with Crippen LogP contribution in [0.5, 0.6) is 0 Å². The van der Waals surface area contributed by atoms with Gasteiger partial charge in [-0.1, -0.05) is 12.1 Å². The Morgan fingerprint density at radius 1 is 1.17 bits per heavy atom. The highest BCUT2D eigenvalue weighted by Crippen LogP contribution is 2.23. The number of methoxy groups -OCH3 is 1. The third-order valence-electron chi connectivity index (χ3n) is 4.52. The first-order valence-electron chi connectivity index (χ1n) is 8.13. The smallest absolute Gasteiger partial charge is 0.243 e. The fourth-order valence-electron chi connectivity index (χ4n) is 3.15. The molecule has 0 saturated carbocycles. The van der Waals surface area contributed by atoms with E-state index in [4.69, 9.17) is 4.74 Å². The third kappa shape index (κ3) is 4.03. The van der Waals surface area contributed by atoms with E-state index in [2.05, 4.69) is 4.90 Å². The van der Waals surface area contributed by atoms with Crippen molar-refractivity contribution >= 4 is 15.8 Å². The third-order valence-corrected chi connectivity index (χ3v) is 6.37. The molecule has 2 unspecified atom stereocenters. The summed E-state index contributed by atoms with van der Waals surface area (Å²) in [5.74, 6) is -0.0760. The van der Waals surface area contributed by atoms with Gasteiger partial charge in [0.25, 0.3) is 0 Å². The molecule has 134 valence electrons. The van der Waals surface area contributed by atoms with Crippen LogP contribution >= 0.6 is 0 Å². The lowest BCUT2D eigenvalue weighted by molar-refractivity contribution is 0.0496. The topological polar surface area (TPSA) is 66.9 Å². The number of rotatable bonds is 6. The second kappa shape index (κ2) is 7.74. The summed E-state index contributed by atoms with van der Waals surface area (Å²) in [4.78, 5) is 13.8. The molecule has 0 aromatic heterocycles. The molecule has 7 heteroatoms. The van der Waals surface area contributed by atoms with E-state index in [0.717, 1.165) is 6.54 Å². The Labute approximate surface area is 144 Å². The molecule has 1 aromatic rings. The van der Waals surface area contributed by atoms with Crippen molar-refractivity contribution in [1.29, 1.82) is 0 Å². The van der Waals surface area contributed by atoms with E-state index in [1.807, 2.05) is 13.8 Å². The van der Waals surface area contributed by atoms with Gasteiger partial charge in [0.2, 0.25) is 10.0 Å². The fraction of sp³-hybridized carbons (Fsp3) is 0.588.